The first-order valence-corrected chi connectivity index (χ1v) is 6.22. The molecule has 0 radical (unpaired) electrons. The van der Waals surface area contributed by atoms with Crippen molar-refractivity contribution >= 4 is 0 Å². The van der Waals surface area contributed by atoms with Crippen molar-refractivity contribution in [3.05, 3.63) is 17.7 Å². The van der Waals surface area contributed by atoms with Gasteiger partial charge in [0, 0.05) is 6.04 Å². The van der Waals surface area contributed by atoms with Gasteiger partial charge in [0.1, 0.15) is 0 Å². The first-order valence-electron chi connectivity index (χ1n) is 6.22. The van der Waals surface area contributed by atoms with Crippen molar-refractivity contribution in [1.82, 2.24) is 5.32 Å². The Kier molecular flexibility index (Phi) is 3.97. The van der Waals surface area contributed by atoms with Crippen molar-refractivity contribution in [3.8, 4) is 17.2 Å². The lowest BCUT2D eigenvalue weighted by Gasteiger charge is -2.17. The zero-order valence-electron chi connectivity index (χ0n) is 11.4. The van der Waals surface area contributed by atoms with Crippen molar-refractivity contribution in [3.63, 3.8) is 0 Å². The van der Waals surface area contributed by atoms with E-state index in [4.69, 9.17) is 14.2 Å². The van der Waals surface area contributed by atoms with E-state index >= 15 is 0 Å². The summed E-state index contributed by atoms with van der Waals surface area (Å²) in [5.74, 6) is 2.78. The third-order valence-electron chi connectivity index (χ3n) is 3.44. The Morgan fingerprint density at radius 2 is 1.67 bits per heavy atom. The van der Waals surface area contributed by atoms with Gasteiger partial charge in [-0.1, -0.05) is 6.92 Å². The van der Waals surface area contributed by atoms with Crippen molar-refractivity contribution in [2.45, 2.75) is 19.4 Å². The summed E-state index contributed by atoms with van der Waals surface area (Å²) in [6.07, 6.45) is 1.14. The molecule has 1 N–H and O–H groups in total. The fraction of sp³-hybridized carbons (Fsp3) is 0.571. The second kappa shape index (κ2) is 5.48. The summed E-state index contributed by atoms with van der Waals surface area (Å²) < 4.78 is 16.1. The Morgan fingerprint density at radius 3 is 2.06 bits per heavy atom. The molecule has 1 aliphatic heterocycles. The lowest BCUT2D eigenvalue weighted by Crippen LogP contribution is -2.13. The summed E-state index contributed by atoms with van der Waals surface area (Å²) in [4.78, 5) is 0. The molecule has 1 fully saturated rings. The van der Waals surface area contributed by atoms with Crippen LogP contribution in [0.2, 0.25) is 0 Å². The lowest BCUT2D eigenvalue weighted by atomic mass is 10.0. The topological polar surface area (TPSA) is 39.7 Å². The quantitative estimate of drug-likeness (QED) is 0.892. The van der Waals surface area contributed by atoms with E-state index in [1.807, 2.05) is 12.1 Å². The van der Waals surface area contributed by atoms with E-state index in [9.17, 15) is 0 Å². The van der Waals surface area contributed by atoms with E-state index in [2.05, 4.69) is 12.2 Å². The molecule has 0 saturated carbocycles. The Morgan fingerprint density at radius 1 is 1.06 bits per heavy atom. The van der Waals surface area contributed by atoms with Crippen LogP contribution < -0.4 is 19.5 Å². The maximum atomic E-state index is 5.37. The van der Waals surface area contributed by atoms with Gasteiger partial charge in [0.05, 0.1) is 21.3 Å². The molecule has 18 heavy (non-hydrogen) atoms. The Hall–Kier alpha value is -1.42. The first-order chi connectivity index (χ1) is 8.69. The van der Waals surface area contributed by atoms with Crippen LogP contribution in [0.5, 0.6) is 17.2 Å². The summed E-state index contributed by atoms with van der Waals surface area (Å²) in [7, 11) is 4.91. The highest BCUT2D eigenvalue weighted by Crippen LogP contribution is 2.41. The molecular formula is C14H21NO3. The molecule has 0 spiro atoms. The van der Waals surface area contributed by atoms with Crippen LogP contribution in [-0.4, -0.2) is 27.9 Å². The van der Waals surface area contributed by atoms with Gasteiger partial charge in [-0.2, -0.15) is 0 Å². The van der Waals surface area contributed by atoms with Crippen molar-refractivity contribution < 1.29 is 14.2 Å². The Bertz CT molecular complexity index is 394. The van der Waals surface area contributed by atoms with Crippen molar-refractivity contribution in [2.24, 2.45) is 5.92 Å². The third kappa shape index (κ3) is 2.38. The number of rotatable bonds is 4. The van der Waals surface area contributed by atoms with E-state index in [1.165, 1.54) is 5.56 Å². The third-order valence-corrected chi connectivity index (χ3v) is 3.44. The van der Waals surface area contributed by atoms with E-state index in [1.54, 1.807) is 21.3 Å². The predicted octanol–water partition coefficient (Wildman–Crippen LogP) is 2.38. The molecule has 1 aromatic rings. The molecule has 100 valence electrons. The molecule has 0 aliphatic carbocycles. The summed E-state index contributed by atoms with van der Waals surface area (Å²) in [5.41, 5.74) is 1.19. The predicted molar refractivity (Wildman–Crippen MR) is 70.6 cm³/mol. The minimum absolute atomic E-state index is 0.369. The van der Waals surface area contributed by atoms with Gasteiger partial charge in [-0.3, -0.25) is 0 Å². The van der Waals surface area contributed by atoms with Crippen molar-refractivity contribution in [1.29, 1.82) is 0 Å². The van der Waals surface area contributed by atoms with Crippen LogP contribution in [0.1, 0.15) is 24.9 Å². The van der Waals surface area contributed by atoms with Gasteiger partial charge in [0.15, 0.2) is 11.5 Å². The fourth-order valence-electron chi connectivity index (χ4n) is 2.47. The van der Waals surface area contributed by atoms with Gasteiger partial charge in [-0.15, -0.1) is 0 Å². The number of ether oxygens (including phenoxy) is 3. The maximum Gasteiger partial charge on any atom is 0.203 e. The van der Waals surface area contributed by atoms with Crippen LogP contribution in [0.25, 0.3) is 0 Å². The molecule has 2 rings (SSSR count). The van der Waals surface area contributed by atoms with Gasteiger partial charge < -0.3 is 19.5 Å². The Balaban J connectivity index is 2.37. The van der Waals surface area contributed by atoms with Crippen LogP contribution >= 0.6 is 0 Å². The number of benzene rings is 1. The zero-order valence-corrected chi connectivity index (χ0v) is 11.4. The molecule has 4 nitrogen and oxygen atoms in total. The van der Waals surface area contributed by atoms with Crippen LogP contribution in [-0.2, 0) is 0 Å². The van der Waals surface area contributed by atoms with Crippen LogP contribution in [0.15, 0.2) is 12.1 Å². The second-order valence-corrected chi connectivity index (χ2v) is 4.76. The van der Waals surface area contributed by atoms with E-state index in [0.717, 1.165) is 13.0 Å². The fourth-order valence-corrected chi connectivity index (χ4v) is 2.47. The monoisotopic (exact) mass is 251 g/mol. The number of hydrogen-bond acceptors (Lipinski definition) is 4. The van der Waals surface area contributed by atoms with E-state index < -0.39 is 0 Å². The van der Waals surface area contributed by atoms with Gasteiger partial charge in [0.2, 0.25) is 5.75 Å². The SMILES string of the molecule is COc1cc(C2CC(C)CN2)cc(OC)c1OC. The minimum Gasteiger partial charge on any atom is -0.493 e. The number of hydrogen-bond donors (Lipinski definition) is 1. The molecule has 2 atom stereocenters. The zero-order chi connectivity index (χ0) is 13.1. The first kappa shape index (κ1) is 13.0. The van der Waals surface area contributed by atoms with Crippen molar-refractivity contribution in [2.75, 3.05) is 27.9 Å². The van der Waals surface area contributed by atoms with Crippen LogP contribution in [0.4, 0.5) is 0 Å². The summed E-state index contributed by atoms with van der Waals surface area (Å²) in [6, 6.07) is 4.42. The van der Waals surface area contributed by atoms with Crippen LogP contribution in [0.3, 0.4) is 0 Å². The standard InChI is InChI=1S/C14H21NO3/c1-9-5-11(15-8-9)10-6-12(16-2)14(18-4)13(7-10)17-3/h6-7,9,11,15H,5,8H2,1-4H3. The molecule has 1 aromatic carbocycles. The van der Waals surface area contributed by atoms with Gasteiger partial charge in [-0.25, -0.2) is 0 Å². The van der Waals surface area contributed by atoms with E-state index in [-0.39, 0.29) is 0 Å². The summed E-state index contributed by atoms with van der Waals surface area (Å²) >= 11 is 0. The lowest BCUT2D eigenvalue weighted by molar-refractivity contribution is 0.323. The van der Waals surface area contributed by atoms with Gasteiger partial charge >= 0.3 is 0 Å². The Labute approximate surface area is 108 Å². The summed E-state index contributed by atoms with van der Waals surface area (Å²) in [5, 5.41) is 3.51. The highest BCUT2D eigenvalue weighted by atomic mass is 16.5. The molecule has 1 heterocycles. The highest BCUT2D eigenvalue weighted by Gasteiger charge is 2.24. The number of methoxy groups -OCH3 is 3. The largest absolute Gasteiger partial charge is 0.493 e. The highest BCUT2D eigenvalue weighted by molar-refractivity contribution is 5.54. The van der Waals surface area contributed by atoms with Crippen LogP contribution in [0, 0.1) is 5.92 Å². The molecule has 1 saturated heterocycles. The number of nitrogens with one attached hydrogen (secondary N) is 1. The van der Waals surface area contributed by atoms with Gasteiger partial charge in [-0.05, 0) is 36.6 Å². The molecule has 4 heteroatoms. The minimum atomic E-state index is 0.369. The molecule has 1 aliphatic rings. The average molecular weight is 251 g/mol. The second-order valence-electron chi connectivity index (χ2n) is 4.76. The summed E-state index contributed by atoms with van der Waals surface area (Å²) in [6.45, 7) is 3.31. The normalized spacial score (nSPS) is 22.9. The van der Waals surface area contributed by atoms with Gasteiger partial charge in [0.25, 0.3) is 0 Å². The molecule has 2 unspecified atom stereocenters. The average Bonchev–Trinajstić information content (AvgIpc) is 2.83. The molecule has 0 bridgehead atoms. The molecule has 0 aromatic heterocycles. The maximum absolute atomic E-state index is 5.37. The molecule has 0 amide bonds. The van der Waals surface area contributed by atoms with E-state index in [0.29, 0.717) is 29.2 Å². The smallest absolute Gasteiger partial charge is 0.203 e. The molecular weight excluding hydrogens is 230 g/mol.